The summed E-state index contributed by atoms with van der Waals surface area (Å²) < 4.78 is 7.64. The van der Waals surface area contributed by atoms with Crippen LogP contribution in [0.15, 0.2) is 36.8 Å². The van der Waals surface area contributed by atoms with Crippen LogP contribution < -0.4 is 15.0 Å². The molecule has 174 valence electrons. The van der Waals surface area contributed by atoms with E-state index >= 15 is 0 Å². The van der Waals surface area contributed by atoms with Crippen LogP contribution in [0.1, 0.15) is 22.8 Å². The van der Waals surface area contributed by atoms with Gasteiger partial charge in [-0.05, 0) is 19.1 Å². The number of β-amino-alcohol motifs (C(OH)–C–C–N with tert-alkyl or cyclic N) is 1. The number of aliphatic hydroxyl groups excluding tert-OH is 2. The zero-order valence-corrected chi connectivity index (χ0v) is 18.6. The lowest BCUT2D eigenvalue weighted by molar-refractivity contribution is 0.0447. The van der Waals surface area contributed by atoms with Crippen molar-refractivity contribution in [1.82, 2.24) is 19.5 Å². The minimum absolute atomic E-state index is 0.0907. The highest BCUT2D eigenvalue weighted by Gasteiger charge is 2.36. The summed E-state index contributed by atoms with van der Waals surface area (Å²) in [7, 11) is 0. The van der Waals surface area contributed by atoms with Crippen LogP contribution in [0.3, 0.4) is 0 Å². The van der Waals surface area contributed by atoms with Gasteiger partial charge in [-0.1, -0.05) is 0 Å². The average Bonchev–Trinajstić information content (AvgIpc) is 3.40. The molecule has 0 spiro atoms. The van der Waals surface area contributed by atoms with Crippen LogP contribution in [-0.4, -0.2) is 87.2 Å². The highest BCUT2D eigenvalue weighted by Crippen LogP contribution is 2.42. The molecule has 0 unspecified atom stereocenters. The first-order valence-corrected chi connectivity index (χ1v) is 11.1. The second kappa shape index (κ2) is 8.62. The van der Waals surface area contributed by atoms with Gasteiger partial charge in [0.05, 0.1) is 30.8 Å². The van der Waals surface area contributed by atoms with Crippen LogP contribution in [0.4, 0.5) is 11.4 Å². The van der Waals surface area contributed by atoms with Crippen LogP contribution in [-0.2, 0) is 6.42 Å². The number of fused-ring (bicyclic) bond motifs is 2. The Labute approximate surface area is 191 Å². The third-order valence-corrected chi connectivity index (χ3v) is 6.34. The molecule has 33 heavy (non-hydrogen) atoms. The topological polar surface area (TPSA) is 115 Å². The number of aromatic nitrogens is 3. The summed E-state index contributed by atoms with van der Waals surface area (Å²) in [6, 6.07) is 5.67. The predicted molar refractivity (Wildman–Crippen MR) is 123 cm³/mol. The lowest BCUT2D eigenvalue weighted by atomic mass is 9.99. The van der Waals surface area contributed by atoms with Crippen molar-refractivity contribution in [1.29, 1.82) is 0 Å². The normalized spacial score (nSPS) is 20.6. The molecular weight excluding hydrogens is 424 g/mol. The van der Waals surface area contributed by atoms with Gasteiger partial charge in [-0.25, -0.2) is 9.50 Å². The summed E-state index contributed by atoms with van der Waals surface area (Å²) in [6.45, 7) is 5.74. The molecule has 1 aromatic carbocycles. The molecule has 3 aromatic rings. The number of anilines is 2. The standard InChI is InChI=1S/C23H28N6O4/c1-23(15-31)13-16-11-18(26-22(32)17-14-25-29-4-2-3-24-21(17)29)19(12-20(16)33-23)28-7-5-27(6-8-28)9-10-30/h2-4,11-12,14,30-31H,5-10,13,15H2,1H3,(H,26,32)/t23-/m1/s1. The van der Waals surface area contributed by atoms with Gasteiger partial charge >= 0.3 is 0 Å². The van der Waals surface area contributed by atoms with Crippen molar-refractivity contribution in [3.63, 3.8) is 0 Å². The number of nitrogens with zero attached hydrogens (tertiary/aromatic N) is 5. The monoisotopic (exact) mass is 452 g/mol. The van der Waals surface area contributed by atoms with Crippen LogP contribution >= 0.6 is 0 Å². The first kappa shape index (κ1) is 21.6. The maximum absolute atomic E-state index is 13.2. The van der Waals surface area contributed by atoms with Gasteiger partial charge in [0.1, 0.15) is 16.9 Å². The third-order valence-electron chi connectivity index (χ3n) is 6.34. The van der Waals surface area contributed by atoms with Crippen molar-refractivity contribution in [3.8, 4) is 5.75 Å². The largest absolute Gasteiger partial charge is 0.484 e. The number of hydrogen-bond acceptors (Lipinski definition) is 8. The second-order valence-electron chi connectivity index (χ2n) is 8.82. The number of nitrogens with one attached hydrogen (secondary N) is 1. The van der Waals surface area contributed by atoms with Crippen molar-refractivity contribution in [2.75, 3.05) is 56.2 Å². The zero-order valence-electron chi connectivity index (χ0n) is 18.6. The third kappa shape index (κ3) is 4.12. The lowest BCUT2D eigenvalue weighted by Crippen LogP contribution is -2.47. The summed E-state index contributed by atoms with van der Waals surface area (Å²) in [5.41, 5.74) is 2.72. The van der Waals surface area contributed by atoms with Crippen molar-refractivity contribution in [2.45, 2.75) is 18.9 Å². The average molecular weight is 453 g/mol. The summed E-state index contributed by atoms with van der Waals surface area (Å²) in [6.07, 6.45) is 5.46. The minimum Gasteiger partial charge on any atom is -0.484 e. The van der Waals surface area contributed by atoms with E-state index < -0.39 is 5.60 Å². The van der Waals surface area contributed by atoms with E-state index in [0.717, 1.165) is 43.2 Å². The van der Waals surface area contributed by atoms with Gasteiger partial charge < -0.3 is 25.2 Å². The molecule has 0 bridgehead atoms. The first-order chi connectivity index (χ1) is 16.0. The Morgan fingerprint density at radius 3 is 2.82 bits per heavy atom. The maximum atomic E-state index is 13.2. The molecular formula is C23H28N6O4. The Kier molecular flexibility index (Phi) is 5.65. The molecule has 0 radical (unpaired) electrons. The van der Waals surface area contributed by atoms with Gasteiger partial charge in [-0.15, -0.1) is 0 Å². The van der Waals surface area contributed by atoms with Crippen molar-refractivity contribution < 1.29 is 19.7 Å². The number of aliphatic hydroxyl groups is 2. The minimum atomic E-state index is -0.672. The fraction of sp³-hybridized carbons (Fsp3) is 0.435. The molecule has 10 nitrogen and oxygen atoms in total. The molecule has 4 heterocycles. The van der Waals surface area contributed by atoms with E-state index in [1.165, 1.54) is 6.20 Å². The smallest absolute Gasteiger partial charge is 0.261 e. The molecule has 1 fully saturated rings. The molecule has 1 saturated heterocycles. The van der Waals surface area contributed by atoms with Gasteiger partial charge in [-0.2, -0.15) is 5.10 Å². The molecule has 0 saturated carbocycles. The summed E-state index contributed by atoms with van der Waals surface area (Å²) in [5, 5.41) is 26.3. The van der Waals surface area contributed by atoms with Gasteiger partial charge in [0.2, 0.25) is 0 Å². The molecule has 5 rings (SSSR count). The molecule has 1 atom stereocenters. The lowest BCUT2D eigenvalue weighted by Gasteiger charge is -2.36. The van der Waals surface area contributed by atoms with Gasteiger partial charge in [0.25, 0.3) is 5.91 Å². The van der Waals surface area contributed by atoms with Crippen LogP contribution in [0, 0.1) is 0 Å². The van der Waals surface area contributed by atoms with E-state index in [2.05, 4.69) is 25.2 Å². The number of hydrogen-bond donors (Lipinski definition) is 3. The number of piperazine rings is 1. The van der Waals surface area contributed by atoms with E-state index in [-0.39, 0.29) is 19.1 Å². The van der Waals surface area contributed by atoms with E-state index in [0.29, 0.717) is 29.9 Å². The number of benzene rings is 1. The van der Waals surface area contributed by atoms with Crippen LogP contribution in [0.2, 0.25) is 0 Å². The highest BCUT2D eigenvalue weighted by atomic mass is 16.5. The molecule has 2 aromatic heterocycles. The Bertz CT molecular complexity index is 1170. The number of carbonyl (C=O) groups is 1. The summed E-state index contributed by atoms with van der Waals surface area (Å²) >= 11 is 0. The Morgan fingerprint density at radius 2 is 2.06 bits per heavy atom. The molecule has 10 heteroatoms. The van der Waals surface area contributed by atoms with Crippen molar-refractivity contribution in [2.24, 2.45) is 0 Å². The summed E-state index contributed by atoms with van der Waals surface area (Å²) in [4.78, 5) is 21.9. The van der Waals surface area contributed by atoms with Gasteiger partial charge in [-0.3, -0.25) is 9.69 Å². The second-order valence-corrected chi connectivity index (χ2v) is 8.82. The fourth-order valence-electron chi connectivity index (χ4n) is 4.53. The van der Waals surface area contributed by atoms with E-state index in [9.17, 15) is 15.0 Å². The van der Waals surface area contributed by atoms with E-state index in [1.807, 2.05) is 19.1 Å². The summed E-state index contributed by atoms with van der Waals surface area (Å²) in [5.74, 6) is 0.447. The number of rotatable bonds is 6. The van der Waals surface area contributed by atoms with E-state index in [4.69, 9.17) is 4.74 Å². The fourth-order valence-corrected chi connectivity index (χ4v) is 4.53. The SMILES string of the molecule is C[C@]1(CO)Cc2cc(NC(=O)c3cnn4cccnc34)c(N3CCN(CCO)CC3)cc2O1. The maximum Gasteiger partial charge on any atom is 0.261 e. The highest BCUT2D eigenvalue weighted by molar-refractivity contribution is 6.09. The zero-order chi connectivity index (χ0) is 23.0. The molecule has 0 aliphatic carbocycles. The molecule has 3 N–H and O–H groups in total. The quantitative estimate of drug-likeness (QED) is 0.503. The predicted octanol–water partition coefficient (Wildman–Crippen LogP) is 0.782. The Morgan fingerprint density at radius 1 is 1.24 bits per heavy atom. The Hall–Kier alpha value is -3.21. The van der Waals surface area contributed by atoms with Gasteiger partial charge in [0, 0.05) is 63.2 Å². The molecule has 1 amide bonds. The number of carbonyl (C=O) groups excluding carboxylic acids is 1. The van der Waals surface area contributed by atoms with Gasteiger partial charge in [0.15, 0.2) is 5.65 Å². The van der Waals surface area contributed by atoms with Crippen LogP contribution in [0.5, 0.6) is 5.75 Å². The van der Waals surface area contributed by atoms with Crippen molar-refractivity contribution >= 4 is 22.9 Å². The first-order valence-electron chi connectivity index (χ1n) is 11.1. The van der Waals surface area contributed by atoms with Crippen molar-refractivity contribution in [3.05, 3.63) is 47.9 Å². The van der Waals surface area contributed by atoms with Crippen LogP contribution in [0.25, 0.3) is 5.65 Å². The van der Waals surface area contributed by atoms with E-state index in [1.54, 1.807) is 23.0 Å². The number of amides is 1. The number of ether oxygens (including phenoxy) is 1. The molecule has 2 aliphatic rings. The molecule has 2 aliphatic heterocycles. The Balaban J connectivity index is 1.46.